The first kappa shape index (κ1) is 11.3. The molecule has 4 N–H and O–H groups in total. The van der Waals surface area contributed by atoms with Gasteiger partial charge in [0.1, 0.15) is 0 Å². The number of anilines is 3. The van der Waals surface area contributed by atoms with Gasteiger partial charge in [-0.25, -0.2) is 4.90 Å². The van der Waals surface area contributed by atoms with Crippen molar-refractivity contribution in [3.05, 3.63) is 53.6 Å². The van der Waals surface area contributed by atoms with Gasteiger partial charge in [-0.2, -0.15) is 0 Å². The molecule has 0 spiro atoms. The van der Waals surface area contributed by atoms with Crippen molar-refractivity contribution >= 4 is 28.9 Å². The number of hydrogen-bond donors (Lipinski definition) is 2. The van der Waals surface area contributed by atoms with Gasteiger partial charge < -0.3 is 11.5 Å². The number of amides is 2. The lowest BCUT2D eigenvalue weighted by atomic mass is 10.1. The van der Waals surface area contributed by atoms with Crippen LogP contribution in [0.4, 0.5) is 17.1 Å². The van der Waals surface area contributed by atoms with Gasteiger partial charge in [-0.3, -0.25) is 9.59 Å². The van der Waals surface area contributed by atoms with Gasteiger partial charge in [0.25, 0.3) is 11.8 Å². The van der Waals surface area contributed by atoms with Crippen molar-refractivity contribution in [2.75, 3.05) is 16.4 Å². The lowest BCUT2D eigenvalue weighted by molar-refractivity contribution is 0.0926. The quantitative estimate of drug-likeness (QED) is 0.597. The van der Waals surface area contributed by atoms with Gasteiger partial charge in [-0.15, -0.1) is 0 Å². The van der Waals surface area contributed by atoms with E-state index in [4.69, 9.17) is 11.5 Å². The Labute approximate surface area is 109 Å². The second-order valence-electron chi connectivity index (χ2n) is 4.31. The van der Waals surface area contributed by atoms with Gasteiger partial charge in [0.05, 0.1) is 22.5 Å². The zero-order chi connectivity index (χ0) is 13.6. The Kier molecular flexibility index (Phi) is 2.28. The number of nitrogen functional groups attached to an aromatic ring is 2. The summed E-state index contributed by atoms with van der Waals surface area (Å²) < 4.78 is 0. The molecule has 1 heterocycles. The van der Waals surface area contributed by atoms with Gasteiger partial charge in [0.2, 0.25) is 0 Å². The summed E-state index contributed by atoms with van der Waals surface area (Å²) in [5.74, 6) is -0.775. The van der Waals surface area contributed by atoms with Crippen LogP contribution in [0.25, 0.3) is 0 Å². The average molecular weight is 253 g/mol. The van der Waals surface area contributed by atoms with Crippen molar-refractivity contribution in [3.8, 4) is 0 Å². The van der Waals surface area contributed by atoms with E-state index in [-0.39, 0.29) is 5.91 Å². The van der Waals surface area contributed by atoms with Crippen LogP contribution in [0.5, 0.6) is 0 Å². The third kappa shape index (κ3) is 1.55. The molecule has 2 aromatic carbocycles. The summed E-state index contributed by atoms with van der Waals surface area (Å²) in [5, 5.41) is 0. The smallest absolute Gasteiger partial charge is 0.266 e. The largest absolute Gasteiger partial charge is 0.399 e. The molecule has 5 heteroatoms. The van der Waals surface area contributed by atoms with E-state index in [2.05, 4.69) is 0 Å². The van der Waals surface area contributed by atoms with Crippen molar-refractivity contribution in [2.45, 2.75) is 0 Å². The molecule has 94 valence electrons. The third-order valence-electron chi connectivity index (χ3n) is 3.09. The second kappa shape index (κ2) is 3.84. The van der Waals surface area contributed by atoms with Crippen LogP contribution in [-0.4, -0.2) is 11.8 Å². The molecule has 0 unspecified atom stereocenters. The molecular weight excluding hydrogens is 242 g/mol. The molecule has 0 saturated heterocycles. The number of nitrogens with two attached hydrogens (primary N) is 2. The molecule has 19 heavy (non-hydrogen) atoms. The highest BCUT2D eigenvalue weighted by molar-refractivity contribution is 6.35. The fourth-order valence-electron chi connectivity index (χ4n) is 2.17. The number of fused-ring (bicyclic) bond motifs is 1. The molecule has 0 radical (unpaired) electrons. The van der Waals surface area contributed by atoms with Crippen LogP contribution >= 0.6 is 0 Å². The minimum Gasteiger partial charge on any atom is -0.399 e. The van der Waals surface area contributed by atoms with Crippen LogP contribution in [0.3, 0.4) is 0 Å². The molecule has 2 aromatic rings. The molecule has 1 aliphatic rings. The summed E-state index contributed by atoms with van der Waals surface area (Å²) in [6.45, 7) is 0. The number of rotatable bonds is 1. The second-order valence-corrected chi connectivity index (χ2v) is 4.31. The lowest BCUT2D eigenvalue weighted by Gasteiger charge is -2.15. The summed E-state index contributed by atoms with van der Waals surface area (Å²) in [4.78, 5) is 25.7. The fourth-order valence-corrected chi connectivity index (χ4v) is 2.17. The van der Waals surface area contributed by atoms with Gasteiger partial charge in [0.15, 0.2) is 0 Å². The first-order chi connectivity index (χ1) is 9.09. The summed E-state index contributed by atoms with van der Waals surface area (Å²) in [6, 6.07) is 11.4. The van der Waals surface area contributed by atoms with Crippen molar-refractivity contribution < 1.29 is 9.59 Å². The zero-order valence-corrected chi connectivity index (χ0v) is 9.96. The van der Waals surface area contributed by atoms with Gasteiger partial charge >= 0.3 is 0 Å². The predicted molar refractivity (Wildman–Crippen MR) is 72.8 cm³/mol. The molecule has 1 aliphatic heterocycles. The van der Waals surface area contributed by atoms with Crippen molar-refractivity contribution in [1.29, 1.82) is 0 Å². The monoisotopic (exact) mass is 253 g/mol. The van der Waals surface area contributed by atoms with Crippen molar-refractivity contribution in [2.24, 2.45) is 0 Å². The SMILES string of the molecule is Nc1ccc2c(c1)C(=O)N(c1ccccc1N)C2=O. The third-order valence-corrected chi connectivity index (χ3v) is 3.09. The standard InChI is InChI=1S/C14H11N3O2/c15-8-5-6-9-10(7-8)14(19)17(13(9)18)12-4-2-1-3-11(12)16/h1-7H,15-16H2. The molecule has 3 rings (SSSR count). The number of carbonyl (C=O) groups excluding carboxylic acids is 2. The van der Waals surface area contributed by atoms with Crippen molar-refractivity contribution in [3.63, 3.8) is 0 Å². The number of hydrogen-bond acceptors (Lipinski definition) is 4. The number of nitrogens with zero attached hydrogens (tertiary/aromatic N) is 1. The highest BCUT2D eigenvalue weighted by Gasteiger charge is 2.37. The van der Waals surface area contributed by atoms with E-state index in [1.165, 1.54) is 6.07 Å². The van der Waals surface area contributed by atoms with Gasteiger partial charge in [-0.05, 0) is 30.3 Å². The van der Waals surface area contributed by atoms with Crippen LogP contribution < -0.4 is 16.4 Å². The maximum absolute atomic E-state index is 12.3. The van der Waals surface area contributed by atoms with Crippen LogP contribution in [-0.2, 0) is 0 Å². The molecule has 0 bridgehead atoms. The van der Waals surface area contributed by atoms with E-state index in [9.17, 15) is 9.59 Å². The van der Waals surface area contributed by atoms with Crippen LogP contribution in [0.2, 0.25) is 0 Å². The molecular formula is C14H11N3O2. The number of benzene rings is 2. The molecule has 0 aromatic heterocycles. The Balaban J connectivity index is 2.16. The van der Waals surface area contributed by atoms with E-state index >= 15 is 0 Å². The molecule has 0 fully saturated rings. The molecule has 0 aliphatic carbocycles. The minimum atomic E-state index is -0.398. The summed E-state index contributed by atoms with van der Waals surface area (Å²) in [7, 11) is 0. The maximum Gasteiger partial charge on any atom is 0.266 e. The van der Waals surface area contributed by atoms with E-state index in [0.29, 0.717) is 28.2 Å². The van der Waals surface area contributed by atoms with Gasteiger partial charge in [-0.1, -0.05) is 12.1 Å². The molecule has 2 amide bonds. The first-order valence-electron chi connectivity index (χ1n) is 5.72. The van der Waals surface area contributed by atoms with E-state index in [1.807, 2.05) is 0 Å². The highest BCUT2D eigenvalue weighted by Crippen LogP contribution is 2.32. The van der Waals surface area contributed by atoms with Crippen LogP contribution in [0, 0.1) is 0 Å². The Morgan fingerprint density at radius 2 is 1.53 bits per heavy atom. The van der Waals surface area contributed by atoms with E-state index < -0.39 is 5.91 Å². The maximum atomic E-state index is 12.3. The summed E-state index contributed by atoms with van der Waals surface area (Å²) in [5.41, 5.74) is 13.3. The van der Waals surface area contributed by atoms with Crippen LogP contribution in [0.15, 0.2) is 42.5 Å². The Morgan fingerprint density at radius 1 is 0.842 bits per heavy atom. The van der Waals surface area contributed by atoms with Crippen LogP contribution in [0.1, 0.15) is 20.7 Å². The summed E-state index contributed by atoms with van der Waals surface area (Å²) >= 11 is 0. The predicted octanol–water partition coefficient (Wildman–Crippen LogP) is 1.65. The number of imide groups is 1. The Morgan fingerprint density at radius 3 is 2.26 bits per heavy atom. The van der Waals surface area contributed by atoms with E-state index in [1.54, 1.807) is 36.4 Å². The topological polar surface area (TPSA) is 89.4 Å². The lowest BCUT2D eigenvalue weighted by Crippen LogP contribution is -2.30. The zero-order valence-electron chi connectivity index (χ0n) is 9.96. The first-order valence-corrected chi connectivity index (χ1v) is 5.72. The minimum absolute atomic E-state index is 0.313. The van der Waals surface area contributed by atoms with E-state index in [0.717, 1.165) is 4.90 Å². The fraction of sp³-hybridized carbons (Fsp3) is 0. The van der Waals surface area contributed by atoms with Gasteiger partial charge in [0, 0.05) is 5.69 Å². The molecule has 0 atom stereocenters. The number of carbonyl (C=O) groups is 2. The average Bonchev–Trinajstić information content (AvgIpc) is 2.63. The Bertz CT molecular complexity index is 710. The number of para-hydroxylation sites is 2. The normalized spacial score (nSPS) is 13.8. The summed E-state index contributed by atoms with van der Waals surface area (Å²) in [6.07, 6.45) is 0. The molecule has 0 saturated carbocycles. The molecule has 5 nitrogen and oxygen atoms in total. The Hall–Kier alpha value is -2.82. The highest BCUT2D eigenvalue weighted by atomic mass is 16.2. The van der Waals surface area contributed by atoms with Crippen molar-refractivity contribution in [1.82, 2.24) is 0 Å².